The van der Waals surface area contributed by atoms with E-state index in [2.05, 4.69) is 9.97 Å². The van der Waals surface area contributed by atoms with Gasteiger partial charge in [-0.3, -0.25) is 67.9 Å². The van der Waals surface area contributed by atoms with Crippen molar-refractivity contribution in [1.82, 2.24) is 44.3 Å². The summed E-state index contributed by atoms with van der Waals surface area (Å²) in [5, 5.41) is 81.9. The molecule has 0 bridgehead atoms. The molecule has 0 radical (unpaired) electrons. The van der Waals surface area contributed by atoms with Crippen molar-refractivity contribution in [2.24, 2.45) is 0 Å². The van der Waals surface area contributed by atoms with Gasteiger partial charge in [0.25, 0.3) is 0 Å². The first-order valence-electron chi connectivity index (χ1n) is 19.0. The van der Waals surface area contributed by atoms with E-state index >= 15 is 0 Å². The van der Waals surface area contributed by atoms with Gasteiger partial charge in [0, 0.05) is 55.4 Å². The summed E-state index contributed by atoms with van der Waals surface area (Å²) in [5.41, 5.74) is 7.32. The lowest BCUT2D eigenvalue weighted by molar-refractivity contribution is -0.144. The number of carboxylic acid groups (broad SMARTS) is 8. The zero-order chi connectivity index (χ0) is 48.0. The predicted molar refractivity (Wildman–Crippen MR) is 219 cm³/mol. The van der Waals surface area contributed by atoms with Crippen molar-refractivity contribution in [1.29, 1.82) is 0 Å². The number of carbonyl (C=O) groups is 8. The molecule has 346 valence electrons. The minimum atomic E-state index is -1.41. The molecule has 3 aromatic heterocycles. The maximum absolute atomic E-state index is 12.0. The minimum Gasteiger partial charge on any atom is -0.480 e. The van der Waals surface area contributed by atoms with Crippen LogP contribution >= 0.6 is 0 Å². The Labute approximate surface area is 367 Å². The molecule has 0 saturated carbocycles. The summed E-state index contributed by atoms with van der Waals surface area (Å²) < 4.78 is 1.32. The molecule has 0 unspecified atom stereocenters. The van der Waals surface area contributed by atoms with Gasteiger partial charge in [-0.25, -0.2) is 9.67 Å². The largest absolute Gasteiger partial charge is 0.480 e. The second kappa shape index (κ2) is 22.9. The normalized spacial score (nSPS) is 11.3. The zero-order valence-electron chi connectivity index (χ0n) is 34.3. The molecule has 0 spiro atoms. The number of nitrogen functional groups attached to an aromatic ring is 1. The van der Waals surface area contributed by atoms with E-state index in [1.165, 1.54) is 29.2 Å². The number of rotatable bonds is 28. The number of pyridine rings is 2. The predicted octanol–water partition coefficient (Wildman–Crippen LogP) is -1.08. The molecule has 26 nitrogen and oxygen atoms in total. The number of nitrogens with zero attached hydrogens (tertiary/aromatic N) is 9. The minimum absolute atomic E-state index is 0.0671. The van der Waals surface area contributed by atoms with Gasteiger partial charge in [-0.05, 0) is 41.0 Å². The van der Waals surface area contributed by atoms with Crippen LogP contribution < -0.4 is 5.73 Å². The number of aromatic nitrogens is 5. The molecular formula is C39H44N10O16. The standard InChI is InChI=1S/C39H44N10O16/c40-25-3-1-2-22(8-25)9-49-39(37-27(13-48(20-34(62)63)21-35(64)65)24(5-7-42-37)11-46(16-30(54)55)17-31(56)57)43-38(44-49)36-26(12-47(18-32(58)59)19-33(60)61)23(4-6-41-36)10-45(14-28(50)51)15-29(52)53/h1-8H,9-21,40H2,(H,50,51)(H,52,53)(H,54,55)(H,56,57)(H,58,59)(H,60,61)(H,62,63)(H,64,65). The molecule has 10 N–H and O–H groups in total. The summed E-state index contributed by atoms with van der Waals surface area (Å²) in [4.78, 5) is 113. The van der Waals surface area contributed by atoms with Crippen molar-refractivity contribution in [2.45, 2.75) is 32.7 Å². The number of aliphatic carboxylic acids is 8. The Bertz CT molecular complexity index is 2380. The van der Waals surface area contributed by atoms with Gasteiger partial charge in [-0.15, -0.1) is 5.10 Å². The van der Waals surface area contributed by atoms with E-state index in [9.17, 15) is 79.2 Å². The summed E-state index contributed by atoms with van der Waals surface area (Å²) in [5.74, 6) is -11.5. The maximum Gasteiger partial charge on any atom is 0.317 e. The maximum atomic E-state index is 12.0. The van der Waals surface area contributed by atoms with Crippen LogP contribution in [0.3, 0.4) is 0 Å². The Balaban J connectivity index is 2.08. The van der Waals surface area contributed by atoms with Crippen LogP contribution in [0, 0.1) is 0 Å². The number of benzene rings is 1. The van der Waals surface area contributed by atoms with E-state index in [4.69, 9.17) is 15.8 Å². The van der Waals surface area contributed by atoms with Crippen molar-refractivity contribution >= 4 is 53.4 Å². The lowest BCUT2D eigenvalue weighted by atomic mass is 10.0. The molecule has 0 aliphatic carbocycles. The third-order valence-electron chi connectivity index (χ3n) is 9.11. The summed E-state index contributed by atoms with van der Waals surface area (Å²) >= 11 is 0. The van der Waals surface area contributed by atoms with Crippen LogP contribution in [0.1, 0.15) is 27.8 Å². The number of nitrogens with two attached hydrogens (primary N) is 1. The Kier molecular flexibility index (Phi) is 17.5. The van der Waals surface area contributed by atoms with Gasteiger partial charge in [0.15, 0.2) is 5.82 Å². The van der Waals surface area contributed by atoms with Crippen LogP contribution in [-0.2, 0) is 71.1 Å². The van der Waals surface area contributed by atoms with E-state index < -0.39 is 113 Å². The van der Waals surface area contributed by atoms with E-state index in [-0.39, 0.29) is 64.9 Å². The molecule has 0 amide bonds. The lowest BCUT2D eigenvalue weighted by Gasteiger charge is -2.24. The highest BCUT2D eigenvalue weighted by Crippen LogP contribution is 2.31. The van der Waals surface area contributed by atoms with Gasteiger partial charge < -0.3 is 46.6 Å². The number of hydrogen-bond donors (Lipinski definition) is 9. The molecule has 0 saturated heterocycles. The summed E-state index contributed by atoms with van der Waals surface area (Å²) in [7, 11) is 0. The monoisotopic (exact) mass is 908 g/mol. The average molecular weight is 909 g/mol. The molecule has 4 aromatic rings. The quantitative estimate of drug-likeness (QED) is 0.0306. The molecule has 1 aromatic carbocycles. The van der Waals surface area contributed by atoms with E-state index in [0.717, 1.165) is 19.6 Å². The van der Waals surface area contributed by atoms with E-state index in [1.54, 1.807) is 24.3 Å². The first-order valence-corrected chi connectivity index (χ1v) is 19.0. The van der Waals surface area contributed by atoms with E-state index in [0.29, 0.717) is 11.3 Å². The fourth-order valence-electron chi connectivity index (χ4n) is 6.82. The molecule has 0 fully saturated rings. The Hall–Kier alpha value is -7.94. The van der Waals surface area contributed by atoms with Gasteiger partial charge in [0.2, 0.25) is 5.82 Å². The summed E-state index contributed by atoms with van der Waals surface area (Å²) in [6.45, 7) is -8.09. The van der Waals surface area contributed by atoms with Gasteiger partial charge in [-0.1, -0.05) is 12.1 Å². The molecule has 0 atom stereocenters. The van der Waals surface area contributed by atoms with Crippen molar-refractivity contribution in [3.63, 3.8) is 0 Å². The second-order valence-corrected chi connectivity index (χ2v) is 14.5. The van der Waals surface area contributed by atoms with Crippen LogP contribution in [0.15, 0.2) is 48.8 Å². The smallest absolute Gasteiger partial charge is 0.317 e. The lowest BCUT2D eigenvalue weighted by Crippen LogP contribution is -2.36. The zero-order valence-corrected chi connectivity index (χ0v) is 34.3. The van der Waals surface area contributed by atoms with Crippen LogP contribution in [0.2, 0.25) is 0 Å². The third-order valence-corrected chi connectivity index (χ3v) is 9.11. The van der Waals surface area contributed by atoms with Gasteiger partial charge >= 0.3 is 47.8 Å². The van der Waals surface area contributed by atoms with Crippen LogP contribution in [0.5, 0.6) is 0 Å². The number of carboxylic acids is 8. The Morgan fingerprint density at radius 2 is 0.877 bits per heavy atom. The SMILES string of the molecule is Nc1cccc(Cn2nc(-c3nccc(CN(CC(=O)O)CC(=O)O)c3CN(CC(=O)O)CC(=O)O)nc2-c2nccc(CN(CC(=O)O)CC(=O)O)c2CN(CC(=O)O)CC(=O)O)c1. The van der Waals surface area contributed by atoms with Crippen molar-refractivity contribution in [3.05, 3.63) is 76.6 Å². The first-order chi connectivity index (χ1) is 30.7. The highest BCUT2D eigenvalue weighted by molar-refractivity contribution is 5.75. The molecular weight excluding hydrogens is 864 g/mol. The van der Waals surface area contributed by atoms with Crippen molar-refractivity contribution in [2.75, 3.05) is 58.1 Å². The van der Waals surface area contributed by atoms with Crippen LogP contribution in [0.4, 0.5) is 5.69 Å². The second-order valence-electron chi connectivity index (χ2n) is 14.5. The van der Waals surface area contributed by atoms with Gasteiger partial charge in [-0.2, -0.15) is 0 Å². The number of hydrogen-bond acceptors (Lipinski definition) is 17. The fraction of sp³-hybridized carbons (Fsp3) is 0.333. The average Bonchev–Trinajstić information content (AvgIpc) is 3.57. The van der Waals surface area contributed by atoms with Gasteiger partial charge in [0.05, 0.1) is 58.9 Å². The van der Waals surface area contributed by atoms with Crippen molar-refractivity contribution < 1.29 is 79.2 Å². The van der Waals surface area contributed by atoms with Gasteiger partial charge in [0.1, 0.15) is 11.4 Å². The Morgan fingerprint density at radius 1 is 0.508 bits per heavy atom. The molecule has 65 heavy (non-hydrogen) atoms. The molecule has 0 aliphatic heterocycles. The fourth-order valence-corrected chi connectivity index (χ4v) is 6.82. The first kappa shape index (κ1) is 49.7. The molecule has 26 heteroatoms. The summed E-state index contributed by atoms with van der Waals surface area (Å²) in [6.07, 6.45) is 2.52. The van der Waals surface area contributed by atoms with E-state index in [1.807, 2.05) is 0 Å². The topological polar surface area (TPSA) is 394 Å². The molecule has 0 aliphatic rings. The Morgan fingerprint density at radius 3 is 1.26 bits per heavy atom. The molecule has 3 heterocycles. The summed E-state index contributed by atoms with van der Waals surface area (Å²) in [6, 6.07) is 9.33. The highest BCUT2D eigenvalue weighted by Gasteiger charge is 2.28. The van der Waals surface area contributed by atoms with Crippen LogP contribution in [0.25, 0.3) is 23.0 Å². The third kappa shape index (κ3) is 15.7. The number of anilines is 1. The van der Waals surface area contributed by atoms with Crippen molar-refractivity contribution in [3.8, 4) is 23.0 Å². The van der Waals surface area contributed by atoms with Crippen LogP contribution in [-0.4, -0.2) is 185 Å². The molecule has 4 rings (SSSR count). The highest BCUT2D eigenvalue weighted by atomic mass is 16.4.